The topological polar surface area (TPSA) is 28.2 Å². The Labute approximate surface area is 173 Å². The highest BCUT2D eigenvalue weighted by Crippen LogP contribution is 2.46. The molecule has 0 saturated carbocycles. The number of nitrogens with one attached hydrogen (secondary N) is 1. The van der Waals surface area contributed by atoms with Crippen LogP contribution in [0, 0.1) is 13.8 Å². The van der Waals surface area contributed by atoms with Gasteiger partial charge in [0.05, 0.1) is 10.7 Å². The van der Waals surface area contributed by atoms with Crippen LogP contribution in [0.3, 0.4) is 0 Å². The maximum absolute atomic E-state index is 2.49. The first-order valence-corrected chi connectivity index (χ1v) is 11.4. The number of fused-ring (bicyclic) bond motifs is 1. The van der Waals surface area contributed by atoms with E-state index in [0.29, 0.717) is 0 Å². The number of quaternary nitrogens is 2. The SMILES string of the molecule is CCN1C(=Cc2cc(C)[n+](CC[NH+]3CC[NH2+]CC3)c(C)c2)Sc2ccccc21. The van der Waals surface area contributed by atoms with Crippen LogP contribution in [0.15, 0.2) is 46.3 Å². The van der Waals surface area contributed by atoms with Crippen LogP contribution in [0.4, 0.5) is 5.69 Å². The Balaban J connectivity index is 1.52. The average molecular weight is 398 g/mol. The number of piperazine rings is 1. The number of hydrogen-bond acceptors (Lipinski definition) is 2. The molecule has 0 bridgehead atoms. The number of nitrogens with two attached hydrogens (primary N) is 1. The fourth-order valence-electron chi connectivity index (χ4n) is 4.42. The van der Waals surface area contributed by atoms with Crippen LogP contribution in [0.25, 0.3) is 6.08 Å². The summed E-state index contributed by atoms with van der Waals surface area (Å²) in [5.41, 5.74) is 5.36. The molecule has 0 aliphatic carbocycles. The molecule has 3 N–H and O–H groups in total. The Hall–Kier alpha value is -1.82. The molecule has 28 heavy (non-hydrogen) atoms. The number of benzene rings is 1. The maximum atomic E-state index is 2.49. The second-order valence-corrected chi connectivity index (χ2v) is 8.95. The molecule has 0 atom stereocenters. The molecule has 1 aromatic carbocycles. The van der Waals surface area contributed by atoms with Gasteiger partial charge < -0.3 is 15.1 Å². The number of rotatable bonds is 5. The summed E-state index contributed by atoms with van der Waals surface area (Å²) in [6.07, 6.45) is 2.35. The molecule has 1 saturated heterocycles. The first-order chi connectivity index (χ1) is 13.7. The van der Waals surface area contributed by atoms with E-state index in [9.17, 15) is 0 Å². The normalized spacial score (nSPS) is 18.7. The van der Waals surface area contributed by atoms with E-state index in [4.69, 9.17) is 0 Å². The van der Waals surface area contributed by atoms with Crippen molar-refractivity contribution in [3.63, 3.8) is 0 Å². The molecule has 2 aliphatic heterocycles. The van der Waals surface area contributed by atoms with E-state index < -0.39 is 0 Å². The molecule has 3 heterocycles. The minimum Gasteiger partial charge on any atom is -0.337 e. The summed E-state index contributed by atoms with van der Waals surface area (Å²) in [6.45, 7) is 15.2. The number of anilines is 1. The Bertz CT molecular complexity index is 848. The van der Waals surface area contributed by atoms with E-state index in [0.717, 1.165) is 13.1 Å². The highest BCUT2D eigenvalue weighted by Gasteiger charge is 2.24. The van der Waals surface area contributed by atoms with Gasteiger partial charge in [0, 0.05) is 37.4 Å². The van der Waals surface area contributed by atoms with Crippen molar-refractivity contribution in [2.24, 2.45) is 0 Å². The second kappa shape index (κ2) is 8.68. The zero-order valence-corrected chi connectivity index (χ0v) is 18.2. The molecule has 148 valence electrons. The minimum atomic E-state index is 0.997. The van der Waals surface area contributed by atoms with Gasteiger partial charge in [0.15, 0.2) is 17.9 Å². The van der Waals surface area contributed by atoms with Gasteiger partial charge in [0.2, 0.25) is 0 Å². The van der Waals surface area contributed by atoms with Gasteiger partial charge in [-0.2, -0.15) is 4.57 Å². The highest BCUT2D eigenvalue weighted by atomic mass is 32.2. The Morgan fingerprint density at radius 2 is 1.86 bits per heavy atom. The van der Waals surface area contributed by atoms with Gasteiger partial charge in [-0.05, 0) is 30.7 Å². The number of aryl methyl sites for hydroxylation is 2. The molecule has 5 heteroatoms. The van der Waals surface area contributed by atoms with E-state index in [1.165, 1.54) is 65.3 Å². The molecule has 0 spiro atoms. The lowest BCUT2D eigenvalue weighted by molar-refractivity contribution is -0.960. The summed E-state index contributed by atoms with van der Waals surface area (Å²) in [7, 11) is 0. The van der Waals surface area contributed by atoms with Gasteiger partial charge >= 0.3 is 0 Å². The lowest BCUT2D eigenvalue weighted by atomic mass is 10.1. The molecular weight excluding hydrogens is 364 g/mol. The van der Waals surface area contributed by atoms with Gasteiger partial charge in [0.1, 0.15) is 32.7 Å². The predicted octanol–water partition coefficient (Wildman–Crippen LogP) is 0.983. The number of pyridine rings is 1. The monoisotopic (exact) mass is 397 g/mol. The van der Waals surface area contributed by atoms with Gasteiger partial charge in [-0.3, -0.25) is 0 Å². The van der Waals surface area contributed by atoms with Crippen molar-refractivity contribution in [3.05, 3.63) is 58.4 Å². The van der Waals surface area contributed by atoms with Gasteiger partial charge in [-0.15, -0.1) is 0 Å². The third-order valence-corrected chi connectivity index (χ3v) is 7.05. The number of thioether (sulfide) groups is 1. The third-order valence-electron chi connectivity index (χ3n) is 5.94. The molecule has 0 unspecified atom stereocenters. The Morgan fingerprint density at radius 3 is 2.57 bits per heavy atom. The Morgan fingerprint density at radius 1 is 1.14 bits per heavy atom. The summed E-state index contributed by atoms with van der Waals surface area (Å²) in [5, 5.41) is 3.77. The van der Waals surface area contributed by atoms with E-state index in [-0.39, 0.29) is 0 Å². The molecule has 0 amide bonds. The van der Waals surface area contributed by atoms with Crippen molar-refractivity contribution in [2.45, 2.75) is 32.2 Å². The van der Waals surface area contributed by atoms with Crippen molar-refractivity contribution >= 4 is 23.5 Å². The Kier molecular flexibility index (Phi) is 6.04. The van der Waals surface area contributed by atoms with Crippen LogP contribution in [0.5, 0.6) is 0 Å². The van der Waals surface area contributed by atoms with Crippen molar-refractivity contribution in [1.29, 1.82) is 0 Å². The number of nitrogens with zero attached hydrogens (tertiary/aromatic N) is 2. The smallest absolute Gasteiger partial charge is 0.197 e. The quantitative estimate of drug-likeness (QED) is 0.737. The van der Waals surface area contributed by atoms with Crippen LogP contribution in [0.1, 0.15) is 23.9 Å². The van der Waals surface area contributed by atoms with Crippen molar-refractivity contribution < 1.29 is 14.8 Å². The number of aromatic nitrogens is 1. The first kappa shape index (κ1) is 19.5. The predicted molar refractivity (Wildman–Crippen MR) is 117 cm³/mol. The summed E-state index contributed by atoms with van der Waals surface area (Å²) in [6, 6.07) is 13.4. The molecule has 1 aromatic heterocycles. The van der Waals surface area contributed by atoms with Gasteiger partial charge in [-0.25, -0.2) is 0 Å². The first-order valence-electron chi connectivity index (χ1n) is 10.6. The van der Waals surface area contributed by atoms with E-state index in [1.807, 2.05) is 11.8 Å². The standard InChI is InChI=1S/C23H31N4S/c1-4-26-21-7-5-6-8-22(21)28-23(26)17-20-15-18(2)27(19(3)16-20)14-13-25-11-9-24-10-12-25/h5-8,15-17,24H,4,9-14H2,1-3H3/q+1/p+2. The largest absolute Gasteiger partial charge is 0.337 e. The highest BCUT2D eigenvalue weighted by molar-refractivity contribution is 8.03. The third kappa shape index (κ3) is 4.12. The minimum absolute atomic E-state index is 0.997. The summed E-state index contributed by atoms with van der Waals surface area (Å²) in [5.74, 6) is 0. The zero-order valence-electron chi connectivity index (χ0n) is 17.4. The summed E-state index contributed by atoms with van der Waals surface area (Å²) in [4.78, 5) is 5.53. The van der Waals surface area contributed by atoms with Crippen molar-refractivity contribution in [1.82, 2.24) is 0 Å². The van der Waals surface area contributed by atoms with Crippen LogP contribution in [-0.4, -0.2) is 39.3 Å². The van der Waals surface area contributed by atoms with E-state index in [1.54, 1.807) is 4.90 Å². The van der Waals surface area contributed by atoms with Gasteiger partial charge in [-0.1, -0.05) is 23.9 Å². The van der Waals surface area contributed by atoms with E-state index in [2.05, 4.69) is 78.0 Å². The van der Waals surface area contributed by atoms with Gasteiger partial charge in [0.25, 0.3) is 0 Å². The summed E-state index contributed by atoms with van der Waals surface area (Å²) >= 11 is 1.88. The number of para-hydroxylation sites is 1. The number of hydrogen-bond donors (Lipinski definition) is 2. The molecule has 0 radical (unpaired) electrons. The van der Waals surface area contributed by atoms with Crippen LogP contribution >= 0.6 is 11.8 Å². The lowest BCUT2D eigenvalue weighted by Gasteiger charge is -2.21. The maximum Gasteiger partial charge on any atom is 0.197 e. The molecule has 4 rings (SSSR count). The second-order valence-electron chi connectivity index (χ2n) is 7.89. The van der Waals surface area contributed by atoms with Crippen LogP contribution in [0.2, 0.25) is 0 Å². The molecule has 2 aromatic rings. The lowest BCUT2D eigenvalue weighted by Crippen LogP contribution is -3.20. The molecule has 1 fully saturated rings. The van der Waals surface area contributed by atoms with Crippen molar-refractivity contribution in [2.75, 3.05) is 44.2 Å². The average Bonchev–Trinajstić information content (AvgIpc) is 3.05. The van der Waals surface area contributed by atoms with Crippen molar-refractivity contribution in [3.8, 4) is 0 Å². The molecule has 2 aliphatic rings. The fourth-order valence-corrected chi connectivity index (χ4v) is 5.61. The fraction of sp³-hybridized carbons (Fsp3) is 0.435. The van der Waals surface area contributed by atoms with E-state index >= 15 is 0 Å². The van der Waals surface area contributed by atoms with Crippen LogP contribution < -0.4 is 19.7 Å². The molecular formula is C23H33N4S+3. The zero-order chi connectivity index (χ0) is 19.5. The molecule has 4 nitrogen and oxygen atoms in total. The van der Waals surface area contributed by atoms with Crippen LogP contribution in [-0.2, 0) is 6.54 Å². The summed E-state index contributed by atoms with van der Waals surface area (Å²) < 4.78 is 2.49.